The van der Waals surface area contributed by atoms with Gasteiger partial charge in [-0.1, -0.05) is 23.7 Å². The number of halogens is 1. The van der Waals surface area contributed by atoms with Crippen LogP contribution in [-0.2, 0) is 0 Å². The Morgan fingerprint density at radius 2 is 2.28 bits per heavy atom. The number of nitrogens with zero attached hydrogens (tertiary/aromatic N) is 1. The van der Waals surface area contributed by atoms with Crippen molar-refractivity contribution in [1.82, 2.24) is 10.2 Å². The minimum Gasteiger partial charge on any atom is -0.458 e. The second-order valence-electron chi connectivity index (χ2n) is 4.91. The van der Waals surface area contributed by atoms with Crippen LogP contribution in [0.1, 0.15) is 18.2 Å². The van der Waals surface area contributed by atoms with Crippen molar-refractivity contribution in [3.63, 3.8) is 0 Å². The van der Waals surface area contributed by atoms with Crippen LogP contribution in [0, 0.1) is 0 Å². The molecule has 1 saturated heterocycles. The van der Waals surface area contributed by atoms with Crippen LogP contribution in [-0.4, -0.2) is 31.6 Å². The standard InChI is InChI=1S/C14H17ClN2O/c1-17-7-5-12(16-6-8-17)13-9-10-3-2-4-11(15)14(10)18-13/h2-4,9,12,16H,5-8H2,1H3. The summed E-state index contributed by atoms with van der Waals surface area (Å²) in [6.07, 6.45) is 1.06. The summed E-state index contributed by atoms with van der Waals surface area (Å²) >= 11 is 6.14. The Balaban J connectivity index is 1.91. The number of fused-ring (bicyclic) bond motifs is 1. The Bertz CT molecular complexity index is 552. The second kappa shape index (κ2) is 4.92. The highest BCUT2D eigenvalue weighted by molar-refractivity contribution is 6.34. The molecule has 0 bridgehead atoms. The first kappa shape index (κ1) is 12.0. The Morgan fingerprint density at radius 1 is 1.39 bits per heavy atom. The summed E-state index contributed by atoms with van der Waals surface area (Å²) in [5.74, 6) is 0.994. The van der Waals surface area contributed by atoms with E-state index in [1.807, 2.05) is 18.2 Å². The average molecular weight is 265 g/mol. The molecule has 1 unspecified atom stereocenters. The third-order valence-electron chi connectivity index (χ3n) is 3.54. The molecule has 1 aliphatic rings. The lowest BCUT2D eigenvalue weighted by molar-refractivity contribution is 0.351. The van der Waals surface area contributed by atoms with Gasteiger partial charge in [0, 0.05) is 18.5 Å². The van der Waals surface area contributed by atoms with Gasteiger partial charge in [-0.05, 0) is 32.1 Å². The van der Waals surface area contributed by atoms with E-state index in [-0.39, 0.29) is 0 Å². The lowest BCUT2D eigenvalue weighted by atomic mass is 10.1. The molecule has 0 amide bonds. The number of likely N-dealkylation sites (N-methyl/N-ethyl adjacent to an activating group) is 1. The van der Waals surface area contributed by atoms with Crippen molar-refractivity contribution in [2.45, 2.75) is 12.5 Å². The molecular formula is C14H17ClN2O. The average Bonchev–Trinajstić information content (AvgIpc) is 2.67. The van der Waals surface area contributed by atoms with E-state index in [0.717, 1.165) is 42.8 Å². The fourth-order valence-corrected chi connectivity index (χ4v) is 2.68. The molecule has 1 aliphatic heterocycles. The van der Waals surface area contributed by atoms with Crippen LogP contribution < -0.4 is 5.32 Å². The van der Waals surface area contributed by atoms with E-state index in [4.69, 9.17) is 16.0 Å². The maximum atomic E-state index is 6.14. The number of para-hydroxylation sites is 1. The number of furan rings is 1. The lowest BCUT2D eigenvalue weighted by Gasteiger charge is -2.12. The van der Waals surface area contributed by atoms with E-state index < -0.39 is 0 Å². The van der Waals surface area contributed by atoms with E-state index in [1.165, 1.54) is 0 Å². The summed E-state index contributed by atoms with van der Waals surface area (Å²) in [5, 5.41) is 5.30. The quantitative estimate of drug-likeness (QED) is 0.858. The Labute approximate surface area is 112 Å². The van der Waals surface area contributed by atoms with Gasteiger partial charge >= 0.3 is 0 Å². The normalized spacial score (nSPS) is 22.2. The minimum atomic E-state index is 0.290. The molecule has 96 valence electrons. The van der Waals surface area contributed by atoms with Crippen molar-refractivity contribution >= 4 is 22.6 Å². The first-order chi connectivity index (χ1) is 8.74. The molecule has 1 aromatic heterocycles. The number of benzene rings is 1. The van der Waals surface area contributed by atoms with Crippen LogP contribution in [0.25, 0.3) is 11.0 Å². The fourth-order valence-electron chi connectivity index (χ4n) is 2.46. The molecule has 18 heavy (non-hydrogen) atoms. The van der Waals surface area contributed by atoms with E-state index in [2.05, 4.69) is 23.3 Å². The molecule has 0 saturated carbocycles. The molecule has 1 fully saturated rings. The summed E-state index contributed by atoms with van der Waals surface area (Å²) in [5.41, 5.74) is 0.800. The molecule has 1 N–H and O–H groups in total. The molecule has 4 heteroatoms. The zero-order valence-electron chi connectivity index (χ0n) is 10.4. The van der Waals surface area contributed by atoms with E-state index in [1.54, 1.807) is 0 Å². The van der Waals surface area contributed by atoms with Crippen LogP contribution in [0.15, 0.2) is 28.7 Å². The number of hydrogen-bond acceptors (Lipinski definition) is 3. The highest BCUT2D eigenvalue weighted by atomic mass is 35.5. The van der Waals surface area contributed by atoms with Crippen molar-refractivity contribution < 1.29 is 4.42 Å². The van der Waals surface area contributed by atoms with Crippen LogP contribution in [0.3, 0.4) is 0 Å². The van der Waals surface area contributed by atoms with Gasteiger partial charge in [-0.25, -0.2) is 0 Å². The third-order valence-corrected chi connectivity index (χ3v) is 3.84. The highest BCUT2D eigenvalue weighted by Gasteiger charge is 2.19. The largest absolute Gasteiger partial charge is 0.458 e. The minimum absolute atomic E-state index is 0.290. The topological polar surface area (TPSA) is 28.4 Å². The zero-order valence-corrected chi connectivity index (χ0v) is 11.2. The summed E-state index contributed by atoms with van der Waals surface area (Å²) in [7, 11) is 2.15. The van der Waals surface area contributed by atoms with Crippen molar-refractivity contribution in [2.24, 2.45) is 0 Å². The van der Waals surface area contributed by atoms with Crippen LogP contribution in [0.2, 0.25) is 5.02 Å². The number of hydrogen-bond donors (Lipinski definition) is 1. The van der Waals surface area contributed by atoms with Gasteiger partial charge in [-0.3, -0.25) is 0 Å². The first-order valence-electron chi connectivity index (χ1n) is 6.34. The Hall–Kier alpha value is -1.03. The predicted octanol–water partition coefficient (Wildman–Crippen LogP) is 3.05. The van der Waals surface area contributed by atoms with Gasteiger partial charge in [0.2, 0.25) is 0 Å². The van der Waals surface area contributed by atoms with Gasteiger partial charge in [0.1, 0.15) is 5.76 Å². The van der Waals surface area contributed by atoms with E-state index in [0.29, 0.717) is 11.1 Å². The smallest absolute Gasteiger partial charge is 0.152 e. The van der Waals surface area contributed by atoms with Gasteiger partial charge < -0.3 is 14.6 Å². The second-order valence-corrected chi connectivity index (χ2v) is 5.31. The summed E-state index contributed by atoms with van der Waals surface area (Å²) in [6, 6.07) is 8.25. The van der Waals surface area contributed by atoms with Crippen molar-refractivity contribution in [3.05, 3.63) is 35.0 Å². The van der Waals surface area contributed by atoms with Gasteiger partial charge in [0.25, 0.3) is 0 Å². The molecule has 2 aromatic rings. The summed E-state index contributed by atoms with van der Waals surface area (Å²) in [4.78, 5) is 2.34. The molecule has 0 spiro atoms. The predicted molar refractivity (Wildman–Crippen MR) is 74.1 cm³/mol. The molecule has 1 aromatic carbocycles. The molecule has 0 aliphatic carbocycles. The first-order valence-corrected chi connectivity index (χ1v) is 6.72. The highest BCUT2D eigenvalue weighted by Crippen LogP contribution is 2.30. The van der Waals surface area contributed by atoms with Crippen molar-refractivity contribution in [3.8, 4) is 0 Å². The SMILES string of the molecule is CN1CCNC(c2cc3cccc(Cl)c3o2)CC1. The summed E-state index contributed by atoms with van der Waals surface area (Å²) in [6.45, 7) is 3.16. The molecule has 0 radical (unpaired) electrons. The number of rotatable bonds is 1. The van der Waals surface area contributed by atoms with Gasteiger partial charge in [0.15, 0.2) is 5.58 Å². The van der Waals surface area contributed by atoms with Gasteiger partial charge in [-0.2, -0.15) is 0 Å². The maximum absolute atomic E-state index is 6.14. The van der Waals surface area contributed by atoms with Crippen LogP contribution >= 0.6 is 11.6 Å². The van der Waals surface area contributed by atoms with Crippen molar-refractivity contribution in [2.75, 3.05) is 26.7 Å². The zero-order chi connectivity index (χ0) is 12.5. The van der Waals surface area contributed by atoms with Crippen molar-refractivity contribution in [1.29, 1.82) is 0 Å². The Kier molecular flexibility index (Phi) is 3.29. The Morgan fingerprint density at radius 3 is 3.11 bits per heavy atom. The molecule has 3 nitrogen and oxygen atoms in total. The molecule has 1 atom stereocenters. The number of nitrogens with one attached hydrogen (secondary N) is 1. The molecule has 3 rings (SSSR count). The van der Waals surface area contributed by atoms with Gasteiger partial charge in [0.05, 0.1) is 11.1 Å². The fraction of sp³-hybridized carbons (Fsp3) is 0.429. The van der Waals surface area contributed by atoms with E-state index in [9.17, 15) is 0 Å². The van der Waals surface area contributed by atoms with Gasteiger partial charge in [-0.15, -0.1) is 0 Å². The molecular weight excluding hydrogens is 248 g/mol. The monoisotopic (exact) mass is 264 g/mol. The van der Waals surface area contributed by atoms with Crippen LogP contribution in [0.4, 0.5) is 0 Å². The lowest BCUT2D eigenvalue weighted by Crippen LogP contribution is -2.24. The third kappa shape index (κ3) is 2.26. The van der Waals surface area contributed by atoms with E-state index >= 15 is 0 Å². The molecule has 2 heterocycles. The maximum Gasteiger partial charge on any atom is 0.152 e. The summed E-state index contributed by atoms with van der Waals surface area (Å²) < 4.78 is 5.92. The van der Waals surface area contributed by atoms with Crippen LogP contribution in [0.5, 0.6) is 0 Å².